The Morgan fingerprint density at radius 1 is 1.06 bits per heavy atom. The molecular weight excluding hydrogens is 398 g/mol. The number of hydrogen-bond acceptors (Lipinski definition) is 6. The van der Waals surface area contributed by atoms with E-state index < -0.39 is 17.5 Å². The number of pyridine rings is 1. The summed E-state index contributed by atoms with van der Waals surface area (Å²) >= 11 is 0. The summed E-state index contributed by atoms with van der Waals surface area (Å²) in [5.41, 5.74) is -0.525. The molecular formula is C22H23N5O4. The molecule has 3 aliphatic rings. The highest BCUT2D eigenvalue weighted by Crippen LogP contribution is 2.40. The molecule has 2 fully saturated rings. The summed E-state index contributed by atoms with van der Waals surface area (Å²) in [5, 5.41) is 2.83. The minimum absolute atomic E-state index is 0.235. The van der Waals surface area contributed by atoms with Crippen LogP contribution in [0.25, 0.3) is 0 Å². The Bertz CT molecular complexity index is 1020. The minimum Gasteiger partial charge on any atom is -0.493 e. The monoisotopic (exact) mass is 421 g/mol. The number of hydrogen-bond donors (Lipinski definition) is 1. The third-order valence-corrected chi connectivity index (χ3v) is 6.16. The topological polar surface area (TPSA) is 95.1 Å². The molecule has 0 bridgehead atoms. The molecule has 1 spiro atoms. The number of nitrogens with zero attached hydrogens (tertiary/aromatic N) is 4. The first-order valence-electron chi connectivity index (χ1n) is 10.4. The molecule has 31 heavy (non-hydrogen) atoms. The van der Waals surface area contributed by atoms with Crippen LogP contribution in [0.5, 0.6) is 5.75 Å². The van der Waals surface area contributed by atoms with E-state index in [0.29, 0.717) is 50.5 Å². The van der Waals surface area contributed by atoms with Gasteiger partial charge in [-0.3, -0.25) is 14.5 Å². The maximum Gasteiger partial charge on any atom is 0.325 e. The number of ether oxygens (including phenoxy) is 1. The van der Waals surface area contributed by atoms with E-state index >= 15 is 0 Å². The number of urea groups is 1. The van der Waals surface area contributed by atoms with Crippen LogP contribution in [0.1, 0.15) is 12.0 Å². The van der Waals surface area contributed by atoms with E-state index in [-0.39, 0.29) is 12.5 Å². The molecule has 9 nitrogen and oxygen atoms in total. The zero-order chi connectivity index (χ0) is 21.4. The van der Waals surface area contributed by atoms with Gasteiger partial charge in [-0.15, -0.1) is 0 Å². The van der Waals surface area contributed by atoms with E-state index in [1.165, 1.54) is 0 Å². The number of carbonyl (C=O) groups is 3. The number of carbonyl (C=O) groups excluding carboxylic acids is 3. The van der Waals surface area contributed by atoms with Crippen LogP contribution < -0.4 is 15.0 Å². The smallest absolute Gasteiger partial charge is 0.325 e. The number of nitrogens with one attached hydrogen (secondary N) is 1. The second-order valence-electron chi connectivity index (χ2n) is 7.88. The number of fused-ring (bicyclic) bond motifs is 2. The summed E-state index contributed by atoms with van der Waals surface area (Å²) in [6, 6.07) is 12.4. The summed E-state index contributed by atoms with van der Waals surface area (Å²) in [7, 11) is 0. The third kappa shape index (κ3) is 3.26. The Labute approximate surface area is 179 Å². The van der Waals surface area contributed by atoms with Gasteiger partial charge in [0.1, 0.15) is 18.1 Å². The molecule has 0 unspecified atom stereocenters. The molecule has 160 valence electrons. The van der Waals surface area contributed by atoms with E-state index in [2.05, 4.69) is 15.2 Å². The number of rotatable bonds is 3. The van der Waals surface area contributed by atoms with Crippen LogP contribution >= 0.6 is 0 Å². The van der Waals surface area contributed by atoms with Crippen molar-refractivity contribution < 1.29 is 19.1 Å². The largest absolute Gasteiger partial charge is 0.493 e. The average molecular weight is 421 g/mol. The fourth-order valence-electron chi connectivity index (χ4n) is 4.48. The molecule has 4 heterocycles. The van der Waals surface area contributed by atoms with Gasteiger partial charge in [0.05, 0.1) is 6.61 Å². The van der Waals surface area contributed by atoms with Gasteiger partial charge in [-0.2, -0.15) is 0 Å². The van der Waals surface area contributed by atoms with Crippen LogP contribution in [0.2, 0.25) is 0 Å². The normalized spacial score (nSPS) is 22.9. The second kappa shape index (κ2) is 7.57. The Morgan fingerprint density at radius 2 is 1.84 bits per heavy atom. The average Bonchev–Trinajstić information content (AvgIpc) is 3.04. The van der Waals surface area contributed by atoms with Gasteiger partial charge < -0.3 is 19.9 Å². The summed E-state index contributed by atoms with van der Waals surface area (Å²) in [5.74, 6) is 0.834. The Balaban J connectivity index is 1.27. The molecule has 0 aliphatic carbocycles. The van der Waals surface area contributed by atoms with Gasteiger partial charge in [-0.05, 0) is 18.2 Å². The lowest BCUT2D eigenvalue weighted by atomic mass is 9.84. The zero-order valence-electron chi connectivity index (χ0n) is 17.0. The van der Waals surface area contributed by atoms with E-state index in [1.54, 1.807) is 23.2 Å². The van der Waals surface area contributed by atoms with Crippen molar-refractivity contribution in [1.82, 2.24) is 20.1 Å². The standard InChI is InChI=1S/C22H23N5O4/c28-19(26-12-10-25(11-13-26)18-7-3-4-9-23-18)15-27-20(29)22(24-21(27)30)8-14-31-17-6-2-1-5-16(17)22/h1-7,9H,8,10-15H2,(H,24,30)/t22-/m1/s1. The minimum atomic E-state index is -1.16. The van der Waals surface area contributed by atoms with Crippen LogP contribution in [0.4, 0.5) is 10.6 Å². The lowest BCUT2D eigenvalue weighted by Crippen LogP contribution is -2.52. The predicted octanol–water partition coefficient (Wildman–Crippen LogP) is 0.960. The zero-order valence-corrected chi connectivity index (χ0v) is 17.0. The van der Waals surface area contributed by atoms with Crippen molar-refractivity contribution >= 4 is 23.7 Å². The third-order valence-electron chi connectivity index (χ3n) is 6.16. The number of anilines is 1. The Morgan fingerprint density at radius 3 is 2.61 bits per heavy atom. The Hall–Kier alpha value is -3.62. The molecule has 4 amide bonds. The lowest BCUT2D eigenvalue weighted by Gasteiger charge is -2.36. The quantitative estimate of drug-likeness (QED) is 0.742. The fourth-order valence-corrected chi connectivity index (χ4v) is 4.48. The maximum atomic E-state index is 13.3. The van der Waals surface area contributed by atoms with Crippen LogP contribution in [0.15, 0.2) is 48.7 Å². The van der Waals surface area contributed by atoms with E-state index in [0.717, 1.165) is 10.7 Å². The molecule has 1 N–H and O–H groups in total. The number of amides is 4. The molecule has 5 rings (SSSR count). The SMILES string of the molecule is O=C(CN1C(=O)N[C@@]2(CCOc3ccccc32)C1=O)N1CCN(c2ccccn2)CC1. The number of benzene rings is 1. The van der Waals surface area contributed by atoms with E-state index in [1.807, 2.05) is 30.3 Å². The lowest BCUT2D eigenvalue weighted by molar-refractivity contribution is -0.139. The summed E-state index contributed by atoms with van der Waals surface area (Å²) < 4.78 is 5.64. The summed E-state index contributed by atoms with van der Waals surface area (Å²) in [4.78, 5) is 48.1. The van der Waals surface area contributed by atoms with Gasteiger partial charge in [0, 0.05) is 44.4 Å². The molecule has 9 heteroatoms. The number of aromatic nitrogens is 1. The van der Waals surface area contributed by atoms with Crippen molar-refractivity contribution in [2.24, 2.45) is 0 Å². The van der Waals surface area contributed by atoms with Crippen molar-refractivity contribution in [1.29, 1.82) is 0 Å². The number of imide groups is 1. The Kier molecular flexibility index (Phi) is 4.72. The van der Waals surface area contributed by atoms with Gasteiger partial charge in [0.2, 0.25) is 5.91 Å². The molecule has 1 atom stereocenters. The van der Waals surface area contributed by atoms with Crippen molar-refractivity contribution in [3.05, 3.63) is 54.2 Å². The highest BCUT2D eigenvalue weighted by molar-refractivity contribution is 6.09. The van der Waals surface area contributed by atoms with E-state index in [4.69, 9.17) is 4.74 Å². The highest BCUT2D eigenvalue weighted by Gasteiger charge is 2.55. The van der Waals surface area contributed by atoms with Gasteiger partial charge >= 0.3 is 6.03 Å². The molecule has 3 aliphatic heterocycles. The first-order valence-corrected chi connectivity index (χ1v) is 10.4. The van der Waals surface area contributed by atoms with Gasteiger partial charge in [0.25, 0.3) is 5.91 Å². The maximum absolute atomic E-state index is 13.3. The second-order valence-corrected chi connectivity index (χ2v) is 7.88. The molecule has 1 aromatic carbocycles. The van der Waals surface area contributed by atoms with E-state index in [9.17, 15) is 14.4 Å². The molecule has 0 radical (unpaired) electrons. The molecule has 0 saturated carbocycles. The van der Waals surface area contributed by atoms with Crippen molar-refractivity contribution in [3.63, 3.8) is 0 Å². The molecule has 2 aromatic rings. The van der Waals surface area contributed by atoms with Crippen LogP contribution in [-0.4, -0.2) is 72.0 Å². The highest BCUT2D eigenvalue weighted by atomic mass is 16.5. The summed E-state index contributed by atoms with van der Waals surface area (Å²) in [6.45, 7) is 2.39. The number of para-hydroxylation sites is 1. The van der Waals surface area contributed by atoms with Crippen LogP contribution in [0, 0.1) is 0 Å². The predicted molar refractivity (Wildman–Crippen MR) is 112 cm³/mol. The molecule has 2 saturated heterocycles. The summed E-state index contributed by atoms with van der Waals surface area (Å²) in [6.07, 6.45) is 2.08. The van der Waals surface area contributed by atoms with Gasteiger partial charge in [-0.1, -0.05) is 24.3 Å². The first-order chi connectivity index (χ1) is 15.1. The van der Waals surface area contributed by atoms with Crippen LogP contribution in [0.3, 0.4) is 0 Å². The van der Waals surface area contributed by atoms with Crippen molar-refractivity contribution in [2.45, 2.75) is 12.0 Å². The van der Waals surface area contributed by atoms with Gasteiger partial charge in [0.15, 0.2) is 5.54 Å². The van der Waals surface area contributed by atoms with Gasteiger partial charge in [-0.25, -0.2) is 9.78 Å². The van der Waals surface area contributed by atoms with Crippen LogP contribution in [-0.2, 0) is 15.1 Å². The number of piperazine rings is 1. The van der Waals surface area contributed by atoms with Crippen molar-refractivity contribution in [3.8, 4) is 5.75 Å². The first kappa shape index (κ1) is 19.3. The van der Waals surface area contributed by atoms with Crippen molar-refractivity contribution in [2.75, 3.05) is 44.2 Å². The fraction of sp³-hybridized carbons (Fsp3) is 0.364. The molecule has 1 aromatic heterocycles.